The fourth-order valence-electron chi connectivity index (χ4n) is 2.95. The number of para-hydroxylation sites is 1. The van der Waals surface area contributed by atoms with Gasteiger partial charge in [0.2, 0.25) is 5.91 Å². The van der Waals surface area contributed by atoms with Gasteiger partial charge in [-0.05, 0) is 42.7 Å². The molecule has 0 aliphatic rings. The first-order valence-corrected chi connectivity index (χ1v) is 9.26. The first kappa shape index (κ1) is 21.4. The van der Waals surface area contributed by atoms with Crippen LogP contribution in [0.4, 0.5) is 19.0 Å². The van der Waals surface area contributed by atoms with Gasteiger partial charge in [-0.25, -0.2) is 4.68 Å². The summed E-state index contributed by atoms with van der Waals surface area (Å²) in [7, 11) is 1.58. The molecule has 1 aromatic heterocycles. The molecule has 2 aromatic carbocycles. The van der Waals surface area contributed by atoms with E-state index in [-0.39, 0.29) is 18.9 Å². The summed E-state index contributed by atoms with van der Waals surface area (Å²) in [4.78, 5) is 12.3. The van der Waals surface area contributed by atoms with E-state index in [1.807, 2.05) is 24.3 Å². The van der Waals surface area contributed by atoms with Crippen molar-refractivity contribution in [3.8, 4) is 5.75 Å². The molecular formula is C21H21F3N4O2. The van der Waals surface area contributed by atoms with Crippen molar-refractivity contribution in [3.63, 3.8) is 0 Å². The molecule has 3 rings (SSSR count). The zero-order valence-electron chi connectivity index (χ0n) is 16.5. The van der Waals surface area contributed by atoms with E-state index in [2.05, 4.69) is 15.6 Å². The molecule has 0 saturated carbocycles. The lowest BCUT2D eigenvalue weighted by Crippen LogP contribution is -2.14. The van der Waals surface area contributed by atoms with Gasteiger partial charge in [0.25, 0.3) is 0 Å². The maximum atomic E-state index is 12.7. The molecule has 30 heavy (non-hydrogen) atoms. The summed E-state index contributed by atoms with van der Waals surface area (Å²) in [6.07, 6.45) is -3.62. The second-order valence-corrected chi connectivity index (χ2v) is 6.74. The minimum Gasteiger partial charge on any atom is -0.496 e. The van der Waals surface area contributed by atoms with Gasteiger partial charge in [0.15, 0.2) is 5.82 Å². The van der Waals surface area contributed by atoms with Crippen molar-refractivity contribution in [1.29, 1.82) is 0 Å². The molecule has 6 nitrogen and oxygen atoms in total. The minimum absolute atomic E-state index is 0.217. The van der Waals surface area contributed by atoms with Crippen LogP contribution in [-0.4, -0.2) is 28.0 Å². The largest absolute Gasteiger partial charge is 0.496 e. The number of methoxy groups -OCH3 is 1. The molecule has 3 aromatic rings. The number of benzene rings is 2. The van der Waals surface area contributed by atoms with Crippen molar-refractivity contribution in [3.05, 3.63) is 70.9 Å². The van der Waals surface area contributed by atoms with Crippen LogP contribution in [0.3, 0.4) is 0 Å². The molecule has 0 bridgehead atoms. The van der Waals surface area contributed by atoms with Crippen molar-refractivity contribution in [2.75, 3.05) is 12.4 Å². The normalized spacial score (nSPS) is 11.4. The number of nitrogens with zero attached hydrogens (tertiary/aromatic N) is 3. The highest BCUT2D eigenvalue weighted by atomic mass is 19.4. The Morgan fingerprint density at radius 1 is 1.13 bits per heavy atom. The van der Waals surface area contributed by atoms with Gasteiger partial charge in [0.1, 0.15) is 5.75 Å². The number of alkyl halides is 3. The fraction of sp³-hybridized carbons (Fsp3) is 0.286. The highest BCUT2D eigenvalue weighted by Crippen LogP contribution is 2.29. The Morgan fingerprint density at radius 3 is 2.50 bits per heavy atom. The van der Waals surface area contributed by atoms with E-state index in [0.29, 0.717) is 23.5 Å². The predicted molar refractivity (Wildman–Crippen MR) is 105 cm³/mol. The number of halogens is 3. The number of aromatic nitrogens is 3. The maximum absolute atomic E-state index is 12.7. The molecule has 0 fully saturated rings. The van der Waals surface area contributed by atoms with Gasteiger partial charge in [-0.2, -0.15) is 13.2 Å². The van der Waals surface area contributed by atoms with Crippen LogP contribution in [0.1, 0.15) is 28.8 Å². The standard InChI is InChI=1S/C21H21F3N4O2/c1-14-20(25-19(29)12-9-16-5-3-4-6-18(16)30-2)26-27-28(14)13-15-7-10-17(11-8-15)21(22,23)24/h3-8,10-11H,9,12-13H2,1-2H3,(H,25,29). The number of rotatable bonds is 7. The van der Waals surface area contributed by atoms with Crippen LogP contribution >= 0.6 is 0 Å². The lowest BCUT2D eigenvalue weighted by atomic mass is 10.1. The van der Waals surface area contributed by atoms with Gasteiger partial charge >= 0.3 is 6.18 Å². The van der Waals surface area contributed by atoms with Gasteiger partial charge in [-0.3, -0.25) is 4.79 Å². The lowest BCUT2D eigenvalue weighted by molar-refractivity contribution is -0.137. The van der Waals surface area contributed by atoms with Crippen LogP contribution in [0.5, 0.6) is 5.75 Å². The minimum atomic E-state index is -4.37. The molecule has 0 spiro atoms. The number of carbonyl (C=O) groups is 1. The average Bonchev–Trinajstić information content (AvgIpc) is 3.05. The molecule has 1 amide bonds. The maximum Gasteiger partial charge on any atom is 0.416 e. The van der Waals surface area contributed by atoms with E-state index >= 15 is 0 Å². The lowest BCUT2D eigenvalue weighted by Gasteiger charge is -2.09. The van der Waals surface area contributed by atoms with Crippen LogP contribution in [-0.2, 0) is 23.9 Å². The molecule has 0 atom stereocenters. The number of ether oxygens (including phenoxy) is 1. The summed E-state index contributed by atoms with van der Waals surface area (Å²) in [5, 5.41) is 10.7. The smallest absolute Gasteiger partial charge is 0.416 e. The highest BCUT2D eigenvalue weighted by Gasteiger charge is 2.29. The molecule has 158 valence electrons. The van der Waals surface area contributed by atoms with E-state index in [4.69, 9.17) is 4.74 Å². The van der Waals surface area contributed by atoms with E-state index in [0.717, 1.165) is 23.4 Å². The van der Waals surface area contributed by atoms with E-state index < -0.39 is 11.7 Å². The van der Waals surface area contributed by atoms with Crippen molar-refractivity contribution < 1.29 is 22.7 Å². The molecule has 0 aliphatic heterocycles. The van der Waals surface area contributed by atoms with E-state index in [9.17, 15) is 18.0 Å². The van der Waals surface area contributed by atoms with Gasteiger partial charge in [0.05, 0.1) is 24.9 Å². The first-order chi connectivity index (χ1) is 14.3. The number of nitrogens with one attached hydrogen (secondary N) is 1. The molecule has 1 heterocycles. The molecule has 0 unspecified atom stereocenters. The van der Waals surface area contributed by atoms with Crippen LogP contribution in [0, 0.1) is 6.92 Å². The number of hydrogen-bond donors (Lipinski definition) is 1. The Hall–Kier alpha value is -3.36. The number of hydrogen-bond acceptors (Lipinski definition) is 4. The second-order valence-electron chi connectivity index (χ2n) is 6.74. The molecule has 0 saturated heterocycles. The zero-order chi connectivity index (χ0) is 21.7. The monoisotopic (exact) mass is 418 g/mol. The van der Waals surface area contributed by atoms with Crippen molar-refractivity contribution in [2.45, 2.75) is 32.5 Å². The van der Waals surface area contributed by atoms with Crippen LogP contribution in [0.25, 0.3) is 0 Å². The summed E-state index contributed by atoms with van der Waals surface area (Å²) in [6, 6.07) is 12.3. The zero-order valence-corrected chi connectivity index (χ0v) is 16.5. The summed E-state index contributed by atoms with van der Waals surface area (Å²) in [5.41, 5.74) is 1.48. The Morgan fingerprint density at radius 2 is 1.83 bits per heavy atom. The number of aryl methyl sites for hydroxylation is 1. The Bertz CT molecular complexity index is 1010. The third-order valence-electron chi connectivity index (χ3n) is 4.67. The summed E-state index contributed by atoms with van der Waals surface area (Å²) >= 11 is 0. The molecule has 0 aliphatic carbocycles. The summed E-state index contributed by atoms with van der Waals surface area (Å²) in [6.45, 7) is 1.98. The number of amides is 1. The van der Waals surface area contributed by atoms with Crippen LogP contribution in [0.15, 0.2) is 48.5 Å². The molecule has 1 N–H and O–H groups in total. The van der Waals surface area contributed by atoms with Crippen LogP contribution in [0.2, 0.25) is 0 Å². The van der Waals surface area contributed by atoms with Gasteiger partial charge in [-0.15, -0.1) is 5.10 Å². The number of anilines is 1. The molecule has 9 heteroatoms. The topological polar surface area (TPSA) is 69.0 Å². The van der Waals surface area contributed by atoms with Gasteiger partial charge in [0, 0.05) is 6.42 Å². The van der Waals surface area contributed by atoms with E-state index in [1.165, 1.54) is 16.8 Å². The van der Waals surface area contributed by atoms with Gasteiger partial charge < -0.3 is 10.1 Å². The Balaban J connectivity index is 1.60. The van der Waals surface area contributed by atoms with Crippen molar-refractivity contribution in [2.24, 2.45) is 0 Å². The average molecular weight is 418 g/mol. The molecular weight excluding hydrogens is 397 g/mol. The van der Waals surface area contributed by atoms with Gasteiger partial charge in [-0.1, -0.05) is 35.5 Å². The Kier molecular flexibility index (Phi) is 6.39. The number of carbonyl (C=O) groups excluding carboxylic acids is 1. The third kappa shape index (κ3) is 5.16. The quantitative estimate of drug-likeness (QED) is 0.623. The Labute approximate surface area is 171 Å². The summed E-state index contributed by atoms with van der Waals surface area (Å²) in [5.74, 6) is 0.835. The van der Waals surface area contributed by atoms with Crippen molar-refractivity contribution >= 4 is 11.7 Å². The fourth-order valence-corrected chi connectivity index (χ4v) is 2.95. The second kappa shape index (κ2) is 8.98. The highest BCUT2D eigenvalue weighted by molar-refractivity contribution is 5.90. The third-order valence-corrected chi connectivity index (χ3v) is 4.67. The van der Waals surface area contributed by atoms with Crippen molar-refractivity contribution in [1.82, 2.24) is 15.0 Å². The SMILES string of the molecule is COc1ccccc1CCC(=O)Nc1nnn(Cc2ccc(C(F)(F)F)cc2)c1C. The van der Waals surface area contributed by atoms with E-state index in [1.54, 1.807) is 14.0 Å². The van der Waals surface area contributed by atoms with Crippen LogP contribution < -0.4 is 10.1 Å². The predicted octanol–water partition coefficient (Wildman–Crippen LogP) is 4.23. The first-order valence-electron chi connectivity index (χ1n) is 9.26. The molecule has 0 radical (unpaired) electrons. The summed E-state index contributed by atoms with van der Waals surface area (Å²) < 4.78 is 44.8.